The lowest BCUT2D eigenvalue weighted by atomic mass is 10.2. The van der Waals surface area contributed by atoms with Gasteiger partial charge < -0.3 is 5.32 Å². The van der Waals surface area contributed by atoms with E-state index in [9.17, 15) is 18.0 Å². The second-order valence-electron chi connectivity index (χ2n) is 1.87. The van der Waals surface area contributed by atoms with Crippen molar-refractivity contribution in [3.05, 3.63) is 0 Å². The van der Waals surface area contributed by atoms with E-state index in [-0.39, 0.29) is 0 Å². The van der Waals surface area contributed by atoms with Crippen molar-refractivity contribution in [2.75, 3.05) is 7.05 Å². The van der Waals surface area contributed by atoms with E-state index in [1.807, 2.05) is 33.0 Å². The molecule has 1 N–H and O–H groups in total. The number of ketones is 1. The minimum atomic E-state index is -4.47. The SMILES string of the molecule is CC.CC.CNC(C(C)=O)C(F)(F)F. The maximum absolute atomic E-state index is 11.7. The summed E-state index contributed by atoms with van der Waals surface area (Å²) >= 11 is 0. The van der Waals surface area contributed by atoms with Crippen LogP contribution in [0.1, 0.15) is 34.6 Å². The van der Waals surface area contributed by atoms with Crippen LogP contribution in [0.2, 0.25) is 0 Å². The summed E-state index contributed by atoms with van der Waals surface area (Å²) in [5.41, 5.74) is 0. The smallest absolute Gasteiger partial charge is 0.303 e. The molecular formula is C9H20F3NO. The van der Waals surface area contributed by atoms with Crippen LogP contribution >= 0.6 is 0 Å². The molecule has 14 heavy (non-hydrogen) atoms. The molecule has 0 spiro atoms. The maximum Gasteiger partial charge on any atom is 0.410 e. The molecule has 0 radical (unpaired) electrons. The summed E-state index contributed by atoms with van der Waals surface area (Å²) < 4.78 is 35.1. The van der Waals surface area contributed by atoms with Crippen molar-refractivity contribution >= 4 is 5.78 Å². The largest absolute Gasteiger partial charge is 0.410 e. The van der Waals surface area contributed by atoms with Crippen LogP contribution in [0.4, 0.5) is 13.2 Å². The maximum atomic E-state index is 11.7. The van der Waals surface area contributed by atoms with Crippen LogP contribution in [0, 0.1) is 0 Å². The minimum Gasteiger partial charge on any atom is -0.303 e. The van der Waals surface area contributed by atoms with Gasteiger partial charge in [0, 0.05) is 0 Å². The summed E-state index contributed by atoms with van der Waals surface area (Å²) in [6.45, 7) is 8.90. The average Bonchev–Trinajstić information content (AvgIpc) is 2.09. The first kappa shape index (κ1) is 19.1. The van der Waals surface area contributed by atoms with E-state index < -0.39 is 18.0 Å². The summed E-state index contributed by atoms with van der Waals surface area (Å²) in [7, 11) is 1.10. The Hall–Kier alpha value is -0.580. The highest BCUT2D eigenvalue weighted by molar-refractivity contribution is 5.82. The van der Waals surface area contributed by atoms with Gasteiger partial charge in [-0.25, -0.2) is 0 Å². The Kier molecular flexibility index (Phi) is 14.3. The molecule has 0 aliphatic carbocycles. The second kappa shape index (κ2) is 10.5. The van der Waals surface area contributed by atoms with Crippen molar-refractivity contribution in [2.24, 2.45) is 0 Å². The molecular weight excluding hydrogens is 195 g/mol. The number of nitrogens with one attached hydrogen (secondary N) is 1. The van der Waals surface area contributed by atoms with Crippen molar-refractivity contribution in [1.82, 2.24) is 5.32 Å². The van der Waals surface area contributed by atoms with Gasteiger partial charge in [-0.1, -0.05) is 27.7 Å². The summed E-state index contributed by atoms with van der Waals surface area (Å²) in [5.74, 6) is -0.921. The Morgan fingerprint density at radius 1 is 1.14 bits per heavy atom. The van der Waals surface area contributed by atoms with Gasteiger partial charge in [0.2, 0.25) is 0 Å². The van der Waals surface area contributed by atoms with Gasteiger partial charge in [-0.15, -0.1) is 0 Å². The fraction of sp³-hybridized carbons (Fsp3) is 0.889. The highest BCUT2D eigenvalue weighted by atomic mass is 19.4. The number of alkyl halides is 3. The predicted molar refractivity (Wildman–Crippen MR) is 52.3 cm³/mol. The van der Waals surface area contributed by atoms with Gasteiger partial charge in [0.1, 0.15) is 0 Å². The van der Waals surface area contributed by atoms with Gasteiger partial charge in [0.25, 0.3) is 0 Å². The molecule has 5 heteroatoms. The predicted octanol–water partition coefficient (Wildman–Crippen LogP) is 2.78. The first-order valence-electron chi connectivity index (χ1n) is 4.64. The molecule has 0 saturated carbocycles. The zero-order chi connectivity index (χ0) is 12.4. The average molecular weight is 215 g/mol. The molecule has 0 aromatic heterocycles. The third kappa shape index (κ3) is 9.51. The Morgan fingerprint density at radius 2 is 1.43 bits per heavy atom. The van der Waals surface area contributed by atoms with Crippen molar-refractivity contribution in [3.8, 4) is 0 Å². The molecule has 0 fully saturated rings. The van der Waals surface area contributed by atoms with Gasteiger partial charge in [-0.2, -0.15) is 13.2 Å². The summed E-state index contributed by atoms with van der Waals surface area (Å²) in [6, 6.07) is -2.02. The van der Waals surface area contributed by atoms with E-state index in [4.69, 9.17) is 0 Å². The molecule has 88 valence electrons. The molecule has 0 rings (SSSR count). The van der Waals surface area contributed by atoms with Crippen LogP contribution in [0.15, 0.2) is 0 Å². The van der Waals surface area contributed by atoms with Crippen molar-refractivity contribution in [2.45, 2.75) is 46.8 Å². The molecule has 1 atom stereocenters. The number of likely N-dealkylation sites (N-methyl/N-ethyl adjacent to an activating group) is 1. The quantitative estimate of drug-likeness (QED) is 0.767. The number of halogens is 3. The molecule has 0 bridgehead atoms. The molecule has 0 heterocycles. The monoisotopic (exact) mass is 215 g/mol. The molecule has 0 aromatic carbocycles. The third-order valence-electron chi connectivity index (χ3n) is 1.02. The summed E-state index contributed by atoms with van der Waals surface area (Å²) in [4.78, 5) is 10.2. The van der Waals surface area contributed by atoms with Gasteiger partial charge in [0.05, 0.1) is 0 Å². The van der Waals surface area contributed by atoms with Crippen LogP contribution in [-0.2, 0) is 4.79 Å². The van der Waals surface area contributed by atoms with E-state index in [2.05, 4.69) is 0 Å². The highest BCUT2D eigenvalue weighted by Gasteiger charge is 2.41. The first-order valence-corrected chi connectivity index (χ1v) is 4.64. The lowest BCUT2D eigenvalue weighted by molar-refractivity contribution is -0.164. The van der Waals surface area contributed by atoms with E-state index in [1.165, 1.54) is 0 Å². The van der Waals surface area contributed by atoms with Gasteiger partial charge >= 0.3 is 6.18 Å². The molecule has 0 aliphatic heterocycles. The first-order chi connectivity index (χ1) is 6.39. The minimum absolute atomic E-state index is 0.897. The summed E-state index contributed by atoms with van der Waals surface area (Å²) in [6.07, 6.45) is -4.47. The number of hydrogen-bond acceptors (Lipinski definition) is 2. The standard InChI is InChI=1S/C5H8F3NO.2C2H6/c1-3(10)4(9-2)5(6,7)8;2*1-2/h4,9H,1-2H3;2*1-2H3. The van der Waals surface area contributed by atoms with Gasteiger partial charge in [-0.05, 0) is 14.0 Å². The van der Waals surface area contributed by atoms with E-state index in [1.54, 1.807) is 0 Å². The lowest BCUT2D eigenvalue weighted by Crippen LogP contribution is -2.45. The third-order valence-corrected chi connectivity index (χ3v) is 1.02. The fourth-order valence-corrected chi connectivity index (χ4v) is 0.597. The van der Waals surface area contributed by atoms with Gasteiger partial charge in [-0.3, -0.25) is 4.79 Å². The van der Waals surface area contributed by atoms with Crippen LogP contribution in [0.5, 0.6) is 0 Å². The fourth-order valence-electron chi connectivity index (χ4n) is 0.597. The number of rotatable bonds is 2. The zero-order valence-corrected chi connectivity index (χ0v) is 9.62. The highest BCUT2D eigenvalue weighted by Crippen LogP contribution is 2.19. The van der Waals surface area contributed by atoms with Crippen LogP contribution in [0.3, 0.4) is 0 Å². The van der Waals surface area contributed by atoms with Crippen LogP contribution in [0.25, 0.3) is 0 Å². The Labute approximate surface area is 83.9 Å². The topological polar surface area (TPSA) is 29.1 Å². The van der Waals surface area contributed by atoms with Crippen molar-refractivity contribution in [1.29, 1.82) is 0 Å². The van der Waals surface area contributed by atoms with E-state index in [0.29, 0.717) is 0 Å². The number of carbonyl (C=O) groups is 1. The normalized spacial score (nSPS) is 11.5. The van der Waals surface area contributed by atoms with Crippen LogP contribution < -0.4 is 5.32 Å². The number of hydrogen-bond donors (Lipinski definition) is 1. The molecule has 0 aliphatic rings. The molecule has 0 saturated heterocycles. The molecule has 1 unspecified atom stereocenters. The van der Waals surface area contributed by atoms with Crippen molar-refractivity contribution < 1.29 is 18.0 Å². The Morgan fingerprint density at radius 3 is 1.43 bits per heavy atom. The van der Waals surface area contributed by atoms with E-state index in [0.717, 1.165) is 14.0 Å². The second-order valence-corrected chi connectivity index (χ2v) is 1.87. The van der Waals surface area contributed by atoms with Gasteiger partial charge in [0.15, 0.2) is 11.8 Å². The molecule has 0 amide bonds. The van der Waals surface area contributed by atoms with Crippen molar-refractivity contribution in [3.63, 3.8) is 0 Å². The Bertz CT molecular complexity index is 135. The zero-order valence-electron chi connectivity index (χ0n) is 9.62. The number of carbonyl (C=O) groups excluding carboxylic acids is 1. The number of Topliss-reactive ketones (excluding diaryl/α,β-unsaturated/α-hetero) is 1. The summed E-state index contributed by atoms with van der Waals surface area (Å²) in [5, 5.41) is 1.87. The Balaban J connectivity index is -0.000000266. The van der Waals surface area contributed by atoms with E-state index >= 15 is 0 Å². The van der Waals surface area contributed by atoms with Crippen LogP contribution in [-0.4, -0.2) is 25.0 Å². The molecule has 2 nitrogen and oxygen atoms in total. The molecule has 0 aromatic rings. The lowest BCUT2D eigenvalue weighted by Gasteiger charge is -2.15.